The number of carboxylic acid groups (broad SMARTS) is 2. The Morgan fingerprint density at radius 1 is 0.804 bits per heavy atom. The molecule has 8 bridgehead atoms. The maximum Gasteiger partial charge on any atom is 0.354 e. The number of allylic oxidation sites excluding steroid dienone is 1. The number of rotatable bonds is 4. The standard InChI is InChI=1S/C33H29N7O6/c1-13-21-26(38(3)4)17-11-15(7-9-19(17)34-13)23-25(36-30(21)41)24-16-8-10-20-18(12-16)27(39(5)6)22(14(2)35-20)31(42)37-40(28(23)32(43)44)29(24)33(45)46/h7-12,29H,1-6H3,(H,36,41)(H,37,42)(H,43,44)(H,45,46). The Morgan fingerprint density at radius 2 is 1.33 bits per heavy atom. The van der Waals surface area contributed by atoms with E-state index in [9.17, 15) is 29.4 Å². The van der Waals surface area contributed by atoms with Gasteiger partial charge >= 0.3 is 11.9 Å². The quantitative estimate of drug-likeness (QED) is 0.265. The summed E-state index contributed by atoms with van der Waals surface area (Å²) in [6.45, 7) is 3.38. The highest BCUT2D eigenvalue weighted by Crippen LogP contribution is 2.45. The molecule has 2 aromatic heterocycles. The fourth-order valence-electron chi connectivity index (χ4n) is 6.91. The number of pyridine rings is 2. The summed E-state index contributed by atoms with van der Waals surface area (Å²) in [5.41, 5.74) is 6.53. The smallest absolute Gasteiger partial charge is 0.354 e. The van der Waals surface area contributed by atoms with E-state index in [0.717, 1.165) is 5.01 Å². The number of amides is 2. The SMILES string of the molecule is Cc1nc2ccc3cc2c(N(C)C)c1C(=O)NC1=C2c4ccc5nc(C)c(c(N(C)C)c5c4)C(=O)NN(C(C(=O)O)=C13)C2C(=O)O. The van der Waals surface area contributed by atoms with Gasteiger partial charge in [0.15, 0.2) is 11.7 Å². The minimum absolute atomic E-state index is 0.00201. The van der Waals surface area contributed by atoms with Crippen LogP contribution in [0.3, 0.4) is 0 Å². The van der Waals surface area contributed by atoms with E-state index in [0.29, 0.717) is 55.7 Å². The van der Waals surface area contributed by atoms with E-state index in [1.807, 2.05) is 0 Å². The molecule has 1 unspecified atom stereocenters. The van der Waals surface area contributed by atoms with Crippen molar-refractivity contribution in [1.82, 2.24) is 25.7 Å². The van der Waals surface area contributed by atoms with Crippen molar-refractivity contribution in [3.8, 4) is 0 Å². The Balaban J connectivity index is 1.70. The van der Waals surface area contributed by atoms with E-state index in [1.54, 1.807) is 88.2 Å². The molecule has 13 nitrogen and oxygen atoms in total. The minimum atomic E-state index is -1.74. The third kappa shape index (κ3) is 3.87. The predicted molar refractivity (Wildman–Crippen MR) is 171 cm³/mol. The molecule has 4 N–H and O–H groups in total. The van der Waals surface area contributed by atoms with E-state index in [4.69, 9.17) is 0 Å². The lowest BCUT2D eigenvalue weighted by atomic mass is 9.84. The Hall–Kier alpha value is -5.98. The van der Waals surface area contributed by atoms with Gasteiger partial charge in [0.2, 0.25) is 0 Å². The van der Waals surface area contributed by atoms with Crippen molar-refractivity contribution >= 4 is 68.1 Å². The summed E-state index contributed by atoms with van der Waals surface area (Å²) >= 11 is 0. The number of carbonyl (C=O) groups excluding carboxylic acids is 2. The summed E-state index contributed by atoms with van der Waals surface area (Å²) in [4.78, 5) is 67.8. The van der Waals surface area contributed by atoms with Crippen LogP contribution in [0.4, 0.5) is 11.4 Å². The van der Waals surface area contributed by atoms with Crippen molar-refractivity contribution in [3.63, 3.8) is 0 Å². The lowest BCUT2D eigenvalue weighted by Crippen LogP contribution is -2.56. The number of carbonyl (C=O) groups is 4. The molecular formula is C33H29N7O6. The molecule has 13 heteroatoms. The van der Waals surface area contributed by atoms with Gasteiger partial charge in [-0.25, -0.2) is 9.59 Å². The number of aryl methyl sites for hydroxylation is 2. The average molecular weight is 620 g/mol. The highest BCUT2D eigenvalue weighted by atomic mass is 16.4. The third-order valence-corrected chi connectivity index (χ3v) is 8.65. The van der Waals surface area contributed by atoms with Crippen LogP contribution in [-0.2, 0) is 9.59 Å². The summed E-state index contributed by atoms with van der Waals surface area (Å²) in [6.07, 6.45) is 0. The molecule has 3 aliphatic heterocycles. The molecule has 4 aromatic rings. The number of hydrazine groups is 1. The molecule has 46 heavy (non-hydrogen) atoms. The largest absolute Gasteiger partial charge is 0.479 e. The molecule has 5 heterocycles. The van der Waals surface area contributed by atoms with E-state index >= 15 is 0 Å². The number of benzene rings is 2. The number of anilines is 2. The van der Waals surface area contributed by atoms with E-state index in [1.165, 1.54) is 0 Å². The number of nitrogens with one attached hydrogen (secondary N) is 2. The third-order valence-electron chi connectivity index (χ3n) is 8.65. The molecule has 0 fully saturated rings. The van der Waals surface area contributed by atoms with Crippen LogP contribution >= 0.6 is 0 Å². The number of aromatic nitrogens is 2. The second-order valence-electron chi connectivity index (χ2n) is 11.9. The van der Waals surface area contributed by atoms with Gasteiger partial charge < -0.3 is 25.3 Å². The number of carboxylic acids is 2. The summed E-state index contributed by atoms with van der Waals surface area (Å²) in [6, 6.07) is 8.57. The monoisotopic (exact) mass is 619 g/mol. The van der Waals surface area contributed by atoms with Gasteiger partial charge in [-0.3, -0.25) is 30.0 Å². The first-order valence-electron chi connectivity index (χ1n) is 14.4. The van der Waals surface area contributed by atoms with E-state index in [-0.39, 0.29) is 28.0 Å². The fraction of sp³-hybridized carbons (Fsp3) is 0.212. The molecular weight excluding hydrogens is 590 g/mol. The Bertz CT molecular complexity index is 2200. The van der Waals surface area contributed by atoms with Crippen LogP contribution in [0, 0.1) is 13.8 Å². The first-order chi connectivity index (χ1) is 21.8. The highest BCUT2D eigenvalue weighted by molar-refractivity contribution is 6.18. The average Bonchev–Trinajstić information content (AvgIpc) is 2.99. The van der Waals surface area contributed by atoms with Gasteiger partial charge in [0.1, 0.15) is 0 Å². The van der Waals surface area contributed by atoms with Crippen molar-refractivity contribution in [1.29, 1.82) is 0 Å². The summed E-state index contributed by atoms with van der Waals surface area (Å²) in [5.74, 6) is -4.27. The van der Waals surface area contributed by atoms with Gasteiger partial charge in [0.25, 0.3) is 11.8 Å². The zero-order valence-corrected chi connectivity index (χ0v) is 25.8. The van der Waals surface area contributed by atoms with Crippen molar-refractivity contribution in [2.45, 2.75) is 19.9 Å². The first kappa shape index (κ1) is 28.8. The van der Waals surface area contributed by atoms with Crippen molar-refractivity contribution in [2.75, 3.05) is 38.0 Å². The Morgan fingerprint density at radius 3 is 1.85 bits per heavy atom. The Kier molecular flexibility index (Phi) is 6.10. The first-order valence-corrected chi connectivity index (χ1v) is 14.4. The van der Waals surface area contributed by atoms with Gasteiger partial charge in [0.05, 0.1) is 50.6 Å². The van der Waals surface area contributed by atoms with Crippen LogP contribution in [0.2, 0.25) is 0 Å². The number of hydrogen-bond acceptors (Lipinski definition) is 9. The molecule has 0 saturated heterocycles. The molecule has 0 aliphatic carbocycles. The van der Waals surface area contributed by atoms with Crippen LogP contribution in [0.1, 0.15) is 43.2 Å². The normalized spacial score (nSPS) is 16.8. The number of aliphatic carboxylic acids is 2. The zero-order valence-electron chi connectivity index (χ0n) is 25.8. The van der Waals surface area contributed by atoms with Gasteiger partial charge in [-0.15, -0.1) is 0 Å². The topological polar surface area (TPSA) is 168 Å². The lowest BCUT2D eigenvalue weighted by Gasteiger charge is -2.40. The molecule has 7 rings (SSSR count). The molecule has 1 atom stereocenters. The van der Waals surface area contributed by atoms with Gasteiger partial charge in [0, 0.05) is 50.1 Å². The molecule has 232 valence electrons. The van der Waals surface area contributed by atoms with Gasteiger partial charge in [-0.1, -0.05) is 12.1 Å². The molecule has 3 aliphatic rings. The fourth-order valence-corrected chi connectivity index (χ4v) is 6.91. The summed E-state index contributed by atoms with van der Waals surface area (Å²) in [7, 11) is 7.14. The molecule has 2 amide bonds. The highest BCUT2D eigenvalue weighted by Gasteiger charge is 2.46. The van der Waals surface area contributed by atoms with E-state index < -0.39 is 35.5 Å². The molecule has 0 saturated carbocycles. The molecule has 0 radical (unpaired) electrons. The van der Waals surface area contributed by atoms with Crippen LogP contribution in [0.25, 0.3) is 33.0 Å². The number of hydrogen-bond donors (Lipinski definition) is 4. The second kappa shape index (κ2) is 9.76. The lowest BCUT2D eigenvalue weighted by molar-refractivity contribution is -0.142. The van der Waals surface area contributed by atoms with E-state index in [2.05, 4.69) is 20.7 Å². The summed E-state index contributed by atoms with van der Waals surface area (Å²) < 4.78 is 0. The van der Waals surface area contributed by atoms with Crippen LogP contribution in [0.5, 0.6) is 0 Å². The minimum Gasteiger partial charge on any atom is -0.479 e. The van der Waals surface area contributed by atoms with Crippen LogP contribution < -0.4 is 20.5 Å². The maximum absolute atomic E-state index is 14.3. The van der Waals surface area contributed by atoms with Crippen molar-refractivity contribution in [3.05, 3.63) is 81.4 Å². The van der Waals surface area contributed by atoms with Crippen LogP contribution in [0.15, 0.2) is 47.8 Å². The van der Waals surface area contributed by atoms with Crippen LogP contribution in [-0.4, -0.2) is 83.2 Å². The second-order valence-corrected chi connectivity index (χ2v) is 11.9. The number of nitrogens with zero attached hydrogens (tertiary/aromatic N) is 5. The molecule has 2 aromatic carbocycles. The maximum atomic E-state index is 14.3. The van der Waals surface area contributed by atoms with Crippen molar-refractivity contribution in [2.24, 2.45) is 0 Å². The predicted octanol–water partition coefficient (Wildman–Crippen LogP) is 2.91. The zero-order chi connectivity index (χ0) is 32.9. The van der Waals surface area contributed by atoms with Gasteiger partial charge in [-0.2, -0.15) is 0 Å². The summed E-state index contributed by atoms with van der Waals surface area (Å²) in [5, 5.41) is 26.5. The molecule has 0 spiro atoms. The van der Waals surface area contributed by atoms with Gasteiger partial charge in [-0.05, 0) is 49.2 Å². The van der Waals surface area contributed by atoms with Crippen molar-refractivity contribution < 1.29 is 29.4 Å². The Labute approximate surface area is 262 Å². The number of fused-ring (bicyclic) bond motifs is 9.